The first-order valence-electron chi connectivity index (χ1n) is 9.44. The minimum Gasteiger partial charge on any atom is -0.494 e. The first-order chi connectivity index (χ1) is 13.3. The van der Waals surface area contributed by atoms with Crippen LogP contribution in [0.15, 0.2) is 30.3 Å². The summed E-state index contributed by atoms with van der Waals surface area (Å²) in [5.74, 6) is 0.348. The van der Waals surface area contributed by atoms with Gasteiger partial charge in [0.25, 0.3) is 0 Å². The second kappa shape index (κ2) is 10.0. The topological polar surface area (TPSA) is 84.4 Å². The molecule has 29 heavy (non-hydrogen) atoms. The zero-order chi connectivity index (χ0) is 20.1. The number of rotatable bonds is 7. The number of benzene rings is 1. The molecule has 0 spiro atoms. The van der Waals surface area contributed by atoms with E-state index in [0.29, 0.717) is 18.3 Å². The van der Waals surface area contributed by atoms with E-state index in [1.807, 2.05) is 51.1 Å². The minimum atomic E-state index is -0.349. The van der Waals surface area contributed by atoms with Crippen molar-refractivity contribution in [2.45, 2.75) is 45.6 Å². The molecule has 7 nitrogen and oxygen atoms in total. The van der Waals surface area contributed by atoms with Crippen LogP contribution in [-0.2, 0) is 16.0 Å². The molecule has 3 rings (SSSR count). The van der Waals surface area contributed by atoms with Crippen LogP contribution in [0.5, 0.6) is 5.75 Å². The van der Waals surface area contributed by atoms with Crippen molar-refractivity contribution in [2.24, 2.45) is 5.92 Å². The number of halogens is 1. The summed E-state index contributed by atoms with van der Waals surface area (Å²) >= 11 is 1.37. The number of anilines is 1. The summed E-state index contributed by atoms with van der Waals surface area (Å²) in [6.45, 7) is 6.96. The average Bonchev–Trinajstić information content (AvgIpc) is 3.26. The second-order valence-corrected chi connectivity index (χ2v) is 8.89. The van der Waals surface area contributed by atoms with Crippen LogP contribution in [-0.4, -0.2) is 45.6 Å². The van der Waals surface area contributed by atoms with Gasteiger partial charge in [-0.1, -0.05) is 29.5 Å². The highest BCUT2D eigenvalue weighted by molar-refractivity contribution is 7.15. The van der Waals surface area contributed by atoms with Crippen LogP contribution in [0.1, 0.15) is 38.6 Å². The zero-order valence-electron chi connectivity index (χ0n) is 16.9. The summed E-state index contributed by atoms with van der Waals surface area (Å²) in [6, 6.07) is 9.67. The number of likely N-dealkylation sites (tertiary alicyclic amines) is 1. The number of para-hydroxylation sites is 1. The van der Waals surface area contributed by atoms with E-state index in [0.717, 1.165) is 23.6 Å². The zero-order valence-corrected chi connectivity index (χ0v) is 18.5. The van der Waals surface area contributed by atoms with Gasteiger partial charge in [-0.3, -0.25) is 9.59 Å². The molecule has 2 amide bonds. The van der Waals surface area contributed by atoms with Gasteiger partial charge >= 0.3 is 0 Å². The Morgan fingerprint density at radius 1 is 1.28 bits per heavy atom. The van der Waals surface area contributed by atoms with Crippen molar-refractivity contribution in [3.05, 3.63) is 35.3 Å². The van der Waals surface area contributed by atoms with Crippen LogP contribution in [0.25, 0.3) is 0 Å². The van der Waals surface area contributed by atoms with E-state index in [9.17, 15) is 9.59 Å². The summed E-state index contributed by atoms with van der Waals surface area (Å²) in [4.78, 5) is 26.4. The number of hydrogen-bond donors (Lipinski definition) is 1. The van der Waals surface area contributed by atoms with Crippen molar-refractivity contribution in [1.29, 1.82) is 0 Å². The molecule has 1 saturated heterocycles. The van der Waals surface area contributed by atoms with E-state index >= 15 is 0 Å². The Bertz CT molecular complexity index is 823. The van der Waals surface area contributed by atoms with E-state index in [-0.39, 0.29) is 42.1 Å². The lowest BCUT2D eigenvalue weighted by molar-refractivity contribution is -0.131. The Morgan fingerprint density at radius 2 is 2.00 bits per heavy atom. The third-order valence-corrected chi connectivity index (χ3v) is 5.45. The van der Waals surface area contributed by atoms with Gasteiger partial charge in [-0.15, -0.1) is 22.6 Å². The summed E-state index contributed by atoms with van der Waals surface area (Å²) in [5, 5.41) is 12.3. The number of aryl methyl sites for hydroxylation is 1. The van der Waals surface area contributed by atoms with Crippen molar-refractivity contribution in [2.75, 3.05) is 18.5 Å². The molecule has 0 aliphatic carbocycles. The number of nitrogens with one attached hydrogen (secondary N) is 1. The van der Waals surface area contributed by atoms with Gasteiger partial charge in [0, 0.05) is 24.9 Å². The summed E-state index contributed by atoms with van der Waals surface area (Å²) in [5.41, 5.74) is -0.274. The fourth-order valence-corrected chi connectivity index (χ4v) is 3.86. The molecule has 1 fully saturated rings. The van der Waals surface area contributed by atoms with Crippen LogP contribution < -0.4 is 10.1 Å². The Morgan fingerprint density at radius 3 is 2.66 bits per heavy atom. The number of aromatic nitrogens is 2. The van der Waals surface area contributed by atoms with Gasteiger partial charge < -0.3 is 15.0 Å². The van der Waals surface area contributed by atoms with Crippen LogP contribution in [0.4, 0.5) is 5.13 Å². The lowest BCUT2D eigenvalue weighted by Crippen LogP contribution is -2.42. The predicted octanol–water partition coefficient (Wildman–Crippen LogP) is 3.56. The van der Waals surface area contributed by atoms with Crippen molar-refractivity contribution >= 4 is 40.7 Å². The van der Waals surface area contributed by atoms with Gasteiger partial charge in [0.05, 0.1) is 12.5 Å². The van der Waals surface area contributed by atoms with Crippen molar-refractivity contribution < 1.29 is 14.3 Å². The monoisotopic (exact) mass is 438 g/mol. The minimum absolute atomic E-state index is 0. The first kappa shape index (κ1) is 23.1. The van der Waals surface area contributed by atoms with Crippen LogP contribution in [0.2, 0.25) is 0 Å². The first-order valence-corrected chi connectivity index (χ1v) is 10.3. The standard InChI is InChI=1S/C20H26N4O3S.ClH/c1-20(2,3)24-13-14(12-17(24)25)18(26)21-19-23-22-16(28-19)10-7-11-27-15-8-5-4-6-9-15;/h4-6,8-9,14H,7,10-13H2,1-3H3,(H,21,23,26);1H. The number of ether oxygens (including phenoxy) is 1. The fourth-order valence-electron chi connectivity index (χ4n) is 3.07. The molecule has 2 heterocycles. The molecule has 0 bridgehead atoms. The molecule has 158 valence electrons. The van der Waals surface area contributed by atoms with Crippen LogP contribution in [0.3, 0.4) is 0 Å². The summed E-state index contributed by atoms with van der Waals surface area (Å²) in [7, 11) is 0. The van der Waals surface area contributed by atoms with Gasteiger partial charge in [-0.05, 0) is 39.3 Å². The summed E-state index contributed by atoms with van der Waals surface area (Å²) in [6.07, 6.45) is 1.79. The molecule has 2 aromatic rings. The summed E-state index contributed by atoms with van der Waals surface area (Å²) < 4.78 is 5.66. The maximum absolute atomic E-state index is 12.5. The Kier molecular flexibility index (Phi) is 7.98. The maximum atomic E-state index is 12.5. The molecule has 1 aromatic carbocycles. The lowest BCUT2D eigenvalue weighted by atomic mass is 10.1. The number of hydrogen-bond acceptors (Lipinski definition) is 6. The molecule has 1 aromatic heterocycles. The van der Waals surface area contributed by atoms with E-state index in [1.165, 1.54) is 11.3 Å². The molecular weight excluding hydrogens is 412 g/mol. The largest absolute Gasteiger partial charge is 0.494 e. The number of carbonyl (C=O) groups excluding carboxylic acids is 2. The third kappa shape index (κ3) is 6.40. The molecule has 9 heteroatoms. The highest BCUT2D eigenvalue weighted by Gasteiger charge is 2.39. The fraction of sp³-hybridized carbons (Fsp3) is 0.500. The number of amides is 2. The van der Waals surface area contributed by atoms with Crippen molar-refractivity contribution in [3.63, 3.8) is 0 Å². The van der Waals surface area contributed by atoms with Crippen LogP contribution in [0, 0.1) is 5.92 Å². The Hall–Kier alpha value is -2.19. The van der Waals surface area contributed by atoms with Gasteiger partial charge in [0.1, 0.15) is 10.8 Å². The SMILES string of the molecule is CC(C)(C)N1CC(C(=O)Nc2nnc(CCCOc3ccccc3)s2)CC1=O.Cl. The molecule has 1 unspecified atom stereocenters. The normalized spacial score (nSPS) is 16.4. The van der Waals surface area contributed by atoms with Gasteiger partial charge in [0.2, 0.25) is 16.9 Å². The molecule has 0 radical (unpaired) electrons. The van der Waals surface area contributed by atoms with Gasteiger partial charge in [-0.2, -0.15) is 0 Å². The maximum Gasteiger partial charge on any atom is 0.231 e. The number of nitrogens with zero attached hydrogens (tertiary/aromatic N) is 3. The quantitative estimate of drug-likeness (QED) is 0.668. The lowest BCUT2D eigenvalue weighted by Gasteiger charge is -2.31. The molecule has 1 aliphatic rings. The Labute approximate surface area is 181 Å². The molecular formula is C20H27ClN4O3S. The Balaban J connectivity index is 0.00000300. The third-order valence-electron chi connectivity index (χ3n) is 4.55. The van der Waals surface area contributed by atoms with E-state index in [1.54, 1.807) is 4.90 Å². The molecule has 1 N–H and O–H groups in total. The van der Waals surface area contributed by atoms with Gasteiger partial charge in [-0.25, -0.2) is 0 Å². The van der Waals surface area contributed by atoms with Gasteiger partial charge in [0.15, 0.2) is 0 Å². The highest BCUT2D eigenvalue weighted by atomic mass is 35.5. The highest BCUT2D eigenvalue weighted by Crippen LogP contribution is 2.27. The van der Waals surface area contributed by atoms with Crippen molar-refractivity contribution in [1.82, 2.24) is 15.1 Å². The molecule has 1 aliphatic heterocycles. The van der Waals surface area contributed by atoms with E-state index in [4.69, 9.17) is 4.74 Å². The predicted molar refractivity (Wildman–Crippen MR) is 116 cm³/mol. The van der Waals surface area contributed by atoms with E-state index < -0.39 is 0 Å². The van der Waals surface area contributed by atoms with E-state index in [2.05, 4.69) is 15.5 Å². The van der Waals surface area contributed by atoms with Crippen LogP contribution >= 0.6 is 23.7 Å². The van der Waals surface area contributed by atoms with Crippen molar-refractivity contribution in [3.8, 4) is 5.75 Å². The number of carbonyl (C=O) groups is 2. The average molecular weight is 439 g/mol. The molecule has 0 saturated carbocycles. The molecule has 1 atom stereocenters. The second-order valence-electron chi connectivity index (χ2n) is 7.83. The smallest absolute Gasteiger partial charge is 0.231 e.